The van der Waals surface area contributed by atoms with Crippen LogP contribution < -0.4 is 9.47 Å². The van der Waals surface area contributed by atoms with E-state index < -0.39 is 0 Å². The van der Waals surface area contributed by atoms with Gasteiger partial charge >= 0.3 is 0 Å². The first-order valence-electron chi connectivity index (χ1n) is 8.73. The third-order valence-corrected chi connectivity index (χ3v) is 4.26. The molecule has 1 aliphatic carbocycles. The molecule has 0 bridgehead atoms. The normalized spacial score (nSPS) is 17.0. The highest BCUT2D eigenvalue weighted by Gasteiger charge is 2.42. The van der Waals surface area contributed by atoms with E-state index in [2.05, 4.69) is 20.8 Å². The molecule has 0 atom stereocenters. The van der Waals surface area contributed by atoms with Gasteiger partial charge in [0.15, 0.2) is 17.3 Å². The zero-order chi connectivity index (χ0) is 18.7. The molecular weight excluding hydrogens is 300 g/mol. The molecule has 0 aromatic heterocycles. The lowest BCUT2D eigenvalue weighted by Crippen LogP contribution is -2.28. The molecule has 1 aromatic carbocycles. The van der Waals surface area contributed by atoms with E-state index in [0.717, 1.165) is 28.0 Å². The van der Waals surface area contributed by atoms with Gasteiger partial charge in [0.05, 0.1) is 0 Å². The first-order valence-corrected chi connectivity index (χ1v) is 8.73. The third kappa shape index (κ3) is 3.45. The number of carbonyl (C=O) groups is 1. The van der Waals surface area contributed by atoms with Gasteiger partial charge in [-0.2, -0.15) is 0 Å². The molecule has 0 radical (unpaired) electrons. The van der Waals surface area contributed by atoms with Crippen molar-refractivity contribution in [1.29, 1.82) is 0 Å². The number of rotatable bonds is 2. The predicted molar refractivity (Wildman–Crippen MR) is 98.7 cm³/mol. The summed E-state index contributed by atoms with van der Waals surface area (Å²) in [6, 6.07) is 0. The predicted octanol–water partition coefficient (Wildman–Crippen LogP) is 5.52. The van der Waals surface area contributed by atoms with Gasteiger partial charge in [0.2, 0.25) is 0 Å². The number of ketones is 1. The van der Waals surface area contributed by atoms with Crippen molar-refractivity contribution in [2.75, 3.05) is 0 Å². The lowest BCUT2D eigenvalue weighted by molar-refractivity contribution is 0.0932. The summed E-state index contributed by atoms with van der Waals surface area (Å²) < 4.78 is 12.6. The Kier molecular flexibility index (Phi) is 4.32. The minimum atomic E-state index is -0.362. The van der Waals surface area contributed by atoms with E-state index in [0.29, 0.717) is 12.2 Å². The molecule has 3 heteroatoms. The van der Waals surface area contributed by atoms with E-state index in [1.54, 1.807) is 0 Å². The van der Waals surface area contributed by atoms with E-state index in [1.165, 1.54) is 0 Å². The van der Waals surface area contributed by atoms with Gasteiger partial charge in [-0.1, -0.05) is 13.8 Å². The second-order valence-corrected chi connectivity index (χ2v) is 9.57. The van der Waals surface area contributed by atoms with Crippen LogP contribution in [-0.4, -0.2) is 17.0 Å². The van der Waals surface area contributed by atoms with E-state index in [4.69, 9.17) is 9.47 Å². The Hall–Kier alpha value is -1.51. The third-order valence-electron chi connectivity index (χ3n) is 4.26. The fourth-order valence-electron chi connectivity index (χ4n) is 3.57. The van der Waals surface area contributed by atoms with Gasteiger partial charge < -0.3 is 9.47 Å². The van der Waals surface area contributed by atoms with Crippen molar-refractivity contribution in [2.24, 2.45) is 0 Å². The van der Waals surface area contributed by atoms with Gasteiger partial charge in [0.25, 0.3) is 0 Å². The monoisotopic (exact) mass is 332 g/mol. The molecule has 0 aliphatic heterocycles. The number of benzene rings is 1. The average molecular weight is 332 g/mol. The number of fused-ring (bicyclic) bond motifs is 1. The molecule has 0 heterocycles. The summed E-state index contributed by atoms with van der Waals surface area (Å²) in [6.07, 6.45) is 0.540. The molecule has 2 rings (SSSR count). The molecule has 0 saturated heterocycles. The molecule has 1 aromatic rings. The molecule has 0 unspecified atom stereocenters. The highest BCUT2D eigenvalue weighted by Crippen LogP contribution is 2.50. The van der Waals surface area contributed by atoms with Crippen LogP contribution in [0.2, 0.25) is 0 Å². The number of ether oxygens (including phenoxy) is 2. The minimum absolute atomic E-state index is 0.169. The topological polar surface area (TPSA) is 35.5 Å². The molecule has 0 fully saturated rings. The Labute approximate surface area is 146 Å². The summed E-state index contributed by atoms with van der Waals surface area (Å²) in [5.41, 5.74) is 3.01. The van der Waals surface area contributed by atoms with Crippen LogP contribution in [0.3, 0.4) is 0 Å². The van der Waals surface area contributed by atoms with Crippen LogP contribution in [0, 0.1) is 13.8 Å². The molecule has 1 aliphatic rings. The van der Waals surface area contributed by atoms with Crippen LogP contribution in [0.5, 0.6) is 11.5 Å². The maximum atomic E-state index is 12.7. The molecule has 3 nitrogen and oxygen atoms in total. The van der Waals surface area contributed by atoms with Gasteiger partial charge in [0, 0.05) is 17.5 Å². The maximum Gasteiger partial charge on any atom is 0.165 e. The van der Waals surface area contributed by atoms with E-state index in [1.807, 2.05) is 48.5 Å². The summed E-state index contributed by atoms with van der Waals surface area (Å²) >= 11 is 0. The Bertz CT molecular complexity index is 683. The number of carbonyl (C=O) groups excluding carboxylic acids is 1. The van der Waals surface area contributed by atoms with Crippen LogP contribution in [0.1, 0.15) is 88.9 Å². The molecule has 0 saturated carbocycles. The summed E-state index contributed by atoms with van der Waals surface area (Å²) in [6.45, 7) is 20.4. The summed E-state index contributed by atoms with van der Waals surface area (Å²) in [7, 11) is 0. The Balaban J connectivity index is 2.82. The average Bonchev–Trinajstić information content (AvgIpc) is 2.57. The van der Waals surface area contributed by atoms with Crippen molar-refractivity contribution in [3.05, 3.63) is 22.3 Å². The van der Waals surface area contributed by atoms with E-state index in [-0.39, 0.29) is 22.4 Å². The highest BCUT2D eigenvalue weighted by molar-refractivity contribution is 6.05. The minimum Gasteiger partial charge on any atom is -0.484 e. The lowest BCUT2D eigenvalue weighted by atomic mass is 9.82. The van der Waals surface area contributed by atoms with Crippen LogP contribution in [0.4, 0.5) is 0 Å². The molecule has 24 heavy (non-hydrogen) atoms. The largest absolute Gasteiger partial charge is 0.484 e. The van der Waals surface area contributed by atoms with E-state index in [9.17, 15) is 4.79 Å². The van der Waals surface area contributed by atoms with Crippen LogP contribution in [0.15, 0.2) is 0 Å². The summed E-state index contributed by atoms with van der Waals surface area (Å²) in [5, 5.41) is 0. The number of Topliss-reactive ketones (excluding diaryl/α,β-unsaturated/α-hetero) is 1. The first-order chi connectivity index (χ1) is 10.6. The van der Waals surface area contributed by atoms with Gasteiger partial charge in [-0.3, -0.25) is 4.79 Å². The second-order valence-electron chi connectivity index (χ2n) is 9.57. The highest BCUT2D eigenvalue weighted by atomic mass is 16.5. The Morgan fingerprint density at radius 2 is 1.25 bits per heavy atom. The van der Waals surface area contributed by atoms with Crippen LogP contribution in [-0.2, 0) is 5.41 Å². The SMILES string of the molecule is Cc1c(OC(C)(C)C)c(OC(C)(C)C)c(C)c2c1C(=O)CC2(C)C. The molecule has 134 valence electrons. The number of hydrogen-bond donors (Lipinski definition) is 0. The Morgan fingerprint density at radius 1 is 0.833 bits per heavy atom. The van der Waals surface area contributed by atoms with Gasteiger partial charge in [-0.05, 0) is 71.9 Å². The van der Waals surface area contributed by atoms with Gasteiger partial charge in [-0.25, -0.2) is 0 Å². The first kappa shape index (κ1) is 18.8. The zero-order valence-electron chi connectivity index (χ0n) is 16.9. The number of hydrogen-bond acceptors (Lipinski definition) is 3. The van der Waals surface area contributed by atoms with Crippen molar-refractivity contribution in [2.45, 2.75) is 92.3 Å². The smallest absolute Gasteiger partial charge is 0.165 e. The molecule has 0 amide bonds. The standard InChI is InChI=1S/C21H32O3/c1-12-15-14(22)11-21(9,10)16(15)13(2)18(24-20(6,7)8)17(12)23-19(3,4)5/h11H2,1-10H3. The molecular formula is C21H32O3. The lowest BCUT2D eigenvalue weighted by Gasteiger charge is -2.32. The van der Waals surface area contributed by atoms with Crippen molar-refractivity contribution < 1.29 is 14.3 Å². The summed E-state index contributed by atoms with van der Waals surface area (Å²) in [4.78, 5) is 12.7. The molecule has 0 spiro atoms. The van der Waals surface area contributed by atoms with Crippen molar-refractivity contribution in [3.8, 4) is 11.5 Å². The van der Waals surface area contributed by atoms with Crippen LogP contribution in [0.25, 0.3) is 0 Å². The van der Waals surface area contributed by atoms with Crippen molar-refractivity contribution >= 4 is 5.78 Å². The fourth-order valence-corrected chi connectivity index (χ4v) is 3.57. The quantitative estimate of drug-likeness (QED) is 0.715. The van der Waals surface area contributed by atoms with Crippen molar-refractivity contribution in [1.82, 2.24) is 0 Å². The second kappa shape index (κ2) is 5.50. The van der Waals surface area contributed by atoms with E-state index >= 15 is 0 Å². The van der Waals surface area contributed by atoms with Gasteiger partial charge in [-0.15, -0.1) is 0 Å². The maximum absolute atomic E-state index is 12.7. The van der Waals surface area contributed by atoms with Gasteiger partial charge in [0.1, 0.15) is 11.2 Å². The summed E-state index contributed by atoms with van der Waals surface area (Å²) in [5.74, 6) is 1.69. The van der Waals surface area contributed by atoms with Crippen LogP contribution >= 0.6 is 0 Å². The van der Waals surface area contributed by atoms with Crippen molar-refractivity contribution in [3.63, 3.8) is 0 Å². The Morgan fingerprint density at radius 3 is 1.67 bits per heavy atom. The fraction of sp³-hybridized carbons (Fsp3) is 0.667. The zero-order valence-corrected chi connectivity index (χ0v) is 16.9. The molecule has 0 N–H and O–H groups in total.